The minimum atomic E-state index is -0.0521. The van der Waals surface area contributed by atoms with E-state index in [4.69, 9.17) is 4.74 Å². The molecular weight excluding hydrogens is 292 g/mol. The first-order valence-electron chi connectivity index (χ1n) is 8.88. The number of amides is 1. The number of carbonyl (C=O) groups excluding carboxylic acids is 1. The van der Waals surface area contributed by atoms with E-state index in [9.17, 15) is 4.79 Å². The second kappa shape index (κ2) is 7.43. The molecule has 0 unspecified atom stereocenters. The van der Waals surface area contributed by atoms with Crippen molar-refractivity contribution in [2.45, 2.75) is 70.4 Å². The highest BCUT2D eigenvalue weighted by Gasteiger charge is 2.38. The fourth-order valence-corrected chi connectivity index (χ4v) is 3.94. The van der Waals surface area contributed by atoms with Gasteiger partial charge in [-0.25, -0.2) is 4.98 Å². The Labute approximate surface area is 138 Å². The van der Waals surface area contributed by atoms with Crippen LogP contribution >= 0.6 is 0 Å². The standard InChI is InChI=1S/C17H28N4O2/c1-12-18-17(20-19-12)15-10-14(23-2)11-21(15)16(22)9-8-13-6-4-3-5-7-13/h13-15H,3-11H2,1-2H3,(H,18,19,20)/t14-,15-/m0/s1. The Morgan fingerprint density at radius 1 is 1.35 bits per heavy atom. The predicted octanol–water partition coefficient (Wildman–Crippen LogP) is 2.76. The number of nitrogens with one attached hydrogen (secondary N) is 1. The van der Waals surface area contributed by atoms with Crippen LogP contribution in [-0.4, -0.2) is 45.7 Å². The molecule has 1 aromatic heterocycles. The van der Waals surface area contributed by atoms with Gasteiger partial charge in [0.1, 0.15) is 5.82 Å². The number of hydrogen-bond acceptors (Lipinski definition) is 4. The smallest absolute Gasteiger partial charge is 0.223 e. The van der Waals surface area contributed by atoms with E-state index >= 15 is 0 Å². The van der Waals surface area contributed by atoms with E-state index in [2.05, 4.69) is 15.2 Å². The molecule has 3 rings (SSSR count). The second-order valence-corrected chi connectivity index (χ2v) is 6.98. The molecule has 1 saturated carbocycles. The molecule has 1 aromatic rings. The third-order valence-electron chi connectivity index (χ3n) is 5.32. The summed E-state index contributed by atoms with van der Waals surface area (Å²) in [5.74, 6) is 2.46. The maximum absolute atomic E-state index is 12.7. The molecular formula is C17H28N4O2. The van der Waals surface area contributed by atoms with E-state index in [1.54, 1.807) is 7.11 Å². The Hall–Kier alpha value is -1.43. The molecule has 1 saturated heterocycles. The molecule has 0 spiro atoms. The van der Waals surface area contributed by atoms with Gasteiger partial charge in [0.25, 0.3) is 0 Å². The molecule has 2 atom stereocenters. The fourth-order valence-electron chi connectivity index (χ4n) is 3.94. The molecule has 2 aliphatic rings. The number of aryl methyl sites for hydroxylation is 1. The Balaban J connectivity index is 1.61. The van der Waals surface area contributed by atoms with Gasteiger partial charge in [-0.15, -0.1) is 0 Å². The maximum atomic E-state index is 12.7. The van der Waals surface area contributed by atoms with E-state index in [0.717, 1.165) is 24.6 Å². The number of methoxy groups -OCH3 is 1. The van der Waals surface area contributed by atoms with Crippen molar-refractivity contribution in [1.29, 1.82) is 0 Å². The first-order chi connectivity index (χ1) is 11.2. The average Bonchev–Trinajstić information content (AvgIpc) is 3.19. The number of hydrogen-bond donors (Lipinski definition) is 1. The highest BCUT2D eigenvalue weighted by atomic mass is 16.5. The van der Waals surface area contributed by atoms with Crippen molar-refractivity contribution < 1.29 is 9.53 Å². The van der Waals surface area contributed by atoms with Gasteiger partial charge in [0.05, 0.1) is 12.1 Å². The molecule has 2 fully saturated rings. The number of aromatic amines is 1. The summed E-state index contributed by atoms with van der Waals surface area (Å²) in [5, 5.41) is 7.15. The van der Waals surface area contributed by atoms with Gasteiger partial charge in [0.2, 0.25) is 5.91 Å². The van der Waals surface area contributed by atoms with Crippen LogP contribution in [0.1, 0.15) is 69.1 Å². The predicted molar refractivity (Wildman–Crippen MR) is 86.8 cm³/mol. The van der Waals surface area contributed by atoms with Gasteiger partial charge in [-0.2, -0.15) is 5.10 Å². The third kappa shape index (κ3) is 3.91. The summed E-state index contributed by atoms with van der Waals surface area (Å²) in [6.45, 7) is 2.53. The molecule has 0 bridgehead atoms. The number of likely N-dealkylation sites (tertiary alicyclic amines) is 1. The molecule has 1 aliphatic heterocycles. The normalized spacial score (nSPS) is 25.9. The highest BCUT2D eigenvalue weighted by Crippen LogP contribution is 2.33. The van der Waals surface area contributed by atoms with Gasteiger partial charge >= 0.3 is 0 Å². The van der Waals surface area contributed by atoms with E-state index in [-0.39, 0.29) is 18.1 Å². The first-order valence-corrected chi connectivity index (χ1v) is 8.88. The Kier molecular flexibility index (Phi) is 5.30. The topological polar surface area (TPSA) is 71.1 Å². The van der Waals surface area contributed by atoms with Gasteiger partial charge < -0.3 is 9.64 Å². The van der Waals surface area contributed by atoms with Gasteiger partial charge in [-0.05, 0) is 19.3 Å². The van der Waals surface area contributed by atoms with Crippen molar-refractivity contribution in [2.24, 2.45) is 5.92 Å². The van der Waals surface area contributed by atoms with Gasteiger partial charge in [-0.3, -0.25) is 9.89 Å². The Bertz CT molecular complexity index is 524. The minimum Gasteiger partial charge on any atom is -0.380 e. The molecule has 1 amide bonds. The lowest BCUT2D eigenvalue weighted by molar-refractivity contribution is -0.133. The third-order valence-corrected chi connectivity index (χ3v) is 5.32. The van der Waals surface area contributed by atoms with Crippen LogP contribution in [0.5, 0.6) is 0 Å². The number of aromatic nitrogens is 3. The second-order valence-electron chi connectivity index (χ2n) is 6.98. The van der Waals surface area contributed by atoms with Crippen LogP contribution in [0, 0.1) is 12.8 Å². The minimum absolute atomic E-state index is 0.0521. The van der Waals surface area contributed by atoms with Crippen molar-refractivity contribution in [3.05, 3.63) is 11.6 Å². The zero-order valence-corrected chi connectivity index (χ0v) is 14.3. The summed E-state index contributed by atoms with van der Waals surface area (Å²) in [6, 6.07) is -0.0521. The van der Waals surface area contributed by atoms with E-state index in [1.807, 2.05) is 11.8 Å². The molecule has 128 valence electrons. The number of rotatable bonds is 5. The van der Waals surface area contributed by atoms with Gasteiger partial charge in [-0.1, -0.05) is 32.1 Å². The van der Waals surface area contributed by atoms with Crippen molar-refractivity contribution in [3.63, 3.8) is 0 Å². The first kappa shape index (κ1) is 16.4. The lowest BCUT2D eigenvalue weighted by Gasteiger charge is -2.25. The summed E-state index contributed by atoms with van der Waals surface area (Å²) in [7, 11) is 1.71. The Morgan fingerprint density at radius 3 is 2.78 bits per heavy atom. The molecule has 2 heterocycles. The van der Waals surface area contributed by atoms with Gasteiger partial charge in [0, 0.05) is 26.5 Å². The maximum Gasteiger partial charge on any atom is 0.223 e. The van der Waals surface area contributed by atoms with Crippen LogP contribution < -0.4 is 0 Å². The largest absolute Gasteiger partial charge is 0.380 e. The lowest BCUT2D eigenvalue weighted by Crippen LogP contribution is -2.32. The van der Waals surface area contributed by atoms with E-state index in [1.165, 1.54) is 32.1 Å². The molecule has 0 radical (unpaired) electrons. The number of H-pyrrole nitrogens is 1. The molecule has 0 aromatic carbocycles. The van der Waals surface area contributed by atoms with Crippen LogP contribution in [0.3, 0.4) is 0 Å². The van der Waals surface area contributed by atoms with Gasteiger partial charge in [0.15, 0.2) is 5.82 Å². The Morgan fingerprint density at radius 2 is 2.13 bits per heavy atom. The number of ether oxygens (including phenoxy) is 1. The molecule has 6 heteroatoms. The molecule has 1 aliphatic carbocycles. The van der Waals surface area contributed by atoms with Crippen LogP contribution in [0.15, 0.2) is 0 Å². The zero-order valence-electron chi connectivity index (χ0n) is 14.3. The summed E-state index contributed by atoms with van der Waals surface area (Å²) in [6.07, 6.45) is 9.11. The quantitative estimate of drug-likeness (QED) is 0.905. The molecule has 6 nitrogen and oxygen atoms in total. The highest BCUT2D eigenvalue weighted by molar-refractivity contribution is 5.77. The molecule has 23 heavy (non-hydrogen) atoms. The SMILES string of the molecule is CO[C@H]1C[C@@H](c2n[nH]c(C)n2)N(C(=O)CCC2CCCCC2)C1. The summed E-state index contributed by atoms with van der Waals surface area (Å²) in [4.78, 5) is 19.1. The van der Waals surface area contributed by atoms with Crippen LogP contribution in [0.2, 0.25) is 0 Å². The van der Waals surface area contributed by atoms with Crippen molar-refractivity contribution >= 4 is 5.91 Å². The van der Waals surface area contributed by atoms with Crippen LogP contribution in [0.25, 0.3) is 0 Å². The lowest BCUT2D eigenvalue weighted by atomic mass is 9.86. The van der Waals surface area contributed by atoms with Crippen molar-refractivity contribution in [1.82, 2.24) is 20.1 Å². The summed E-state index contributed by atoms with van der Waals surface area (Å²) < 4.78 is 5.48. The summed E-state index contributed by atoms with van der Waals surface area (Å²) >= 11 is 0. The van der Waals surface area contributed by atoms with E-state index < -0.39 is 0 Å². The fraction of sp³-hybridized carbons (Fsp3) is 0.824. The molecule has 1 N–H and O–H groups in total. The zero-order chi connectivity index (χ0) is 16.2. The van der Waals surface area contributed by atoms with Crippen molar-refractivity contribution in [3.8, 4) is 0 Å². The monoisotopic (exact) mass is 320 g/mol. The van der Waals surface area contributed by atoms with Crippen LogP contribution in [-0.2, 0) is 9.53 Å². The van der Waals surface area contributed by atoms with Crippen molar-refractivity contribution in [2.75, 3.05) is 13.7 Å². The number of nitrogens with zero attached hydrogens (tertiary/aromatic N) is 3. The van der Waals surface area contributed by atoms with E-state index in [0.29, 0.717) is 18.8 Å². The number of carbonyl (C=O) groups is 1. The van der Waals surface area contributed by atoms with Crippen LogP contribution in [0.4, 0.5) is 0 Å². The average molecular weight is 320 g/mol. The summed E-state index contributed by atoms with van der Waals surface area (Å²) in [5.41, 5.74) is 0.